The number of hydrogen-bond donors (Lipinski definition) is 2. The molecule has 106 valence electrons. The Morgan fingerprint density at radius 2 is 2.25 bits per heavy atom. The first kappa shape index (κ1) is 13.5. The number of nitrogens with one attached hydrogen (secondary N) is 1. The maximum atomic E-state index is 12.3. The molecule has 1 aromatic heterocycles. The van der Waals surface area contributed by atoms with Crippen molar-refractivity contribution in [2.24, 2.45) is 0 Å². The number of thiazole rings is 1. The van der Waals surface area contributed by atoms with Crippen molar-refractivity contribution in [2.45, 2.75) is 30.0 Å². The SMILES string of the molecule is Cc1ncc(S(=O)(=O)NC2CCc3cc(N)ccc32)s1. The van der Waals surface area contributed by atoms with E-state index in [1.165, 1.54) is 17.5 Å². The lowest BCUT2D eigenvalue weighted by Crippen LogP contribution is -2.26. The molecule has 2 aromatic rings. The summed E-state index contributed by atoms with van der Waals surface area (Å²) in [5.74, 6) is 0. The molecular formula is C13H15N3O2S2. The highest BCUT2D eigenvalue weighted by Gasteiger charge is 2.28. The summed E-state index contributed by atoms with van der Waals surface area (Å²) in [7, 11) is -3.50. The second-order valence-electron chi connectivity index (χ2n) is 4.87. The standard InChI is InChI=1S/C13H15N3O2S2/c1-8-15-7-13(19-8)20(17,18)16-12-5-2-9-6-10(14)3-4-11(9)12/h3-4,6-7,12,16H,2,5,14H2,1H3. The van der Waals surface area contributed by atoms with E-state index in [4.69, 9.17) is 5.73 Å². The third-order valence-electron chi connectivity index (χ3n) is 3.41. The van der Waals surface area contributed by atoms with Gasteiger partial charge >= 0.3 is 0 Å². The molecule has 0 saturated heterocycles. The summed E-state index contributed by atoms with van der Waals surface area (Å²) < 4.78 is 27.7. The van der Waals surface area contributed by atoms with Crippen molar-refractivity contribution in [1.82, 2.24) is 9.71 Å². The second kappa shape index (κ2) is 4.83. The summed E-state index contributed by atoms with van der Waals surface area (Å²) in [4.78, 5) is 4.00. The molecule has 0 saturated carbocycles. The zero-order valence-electron chi connectivity index (χ0n) is 11.0. The quantitative estimate of drug-likeness (QED) is 0.849. The van der Waals surface area contributed by atoms with E-state index in [9.17, 15) is 8.42 Å². The molecule has 1 atom stereocenters. The van der Waals surface area contributed by atoms with E-state index in [0.29, 0.717) is 5.69 Å². The van der Waals surface area contributed by atoms with Crippen LogP contribution < -0.4 is 10.5 Å². The number of aryl methyl sites for hydroxylation is 2. The van der Waals surface area contributed by atoms with E-state index in [-0.39, 0.29) is 10.3 Å². The minimum absolute atomic E-state index is 0.182. The van der Waals surface area contributed by atoms with E-state index in [1.807, 2.05) is 18.2 Å². The lowest BCUT2D eigenvalue weighted by atomic mass is 10.1. The average molecular weight is 309 g/mol. The van der Waals surface area contributed by atoms with Crippen molar-refractivity contribution in [2.75, 3.05) is 5.73 Å². The molecule has 0 amide bonds. The first-order valence-corrected chi connectivity index (χ1v) is 8.59. The molecule has 0 fully saturated rings. The highest BCUT2D eigenvalue weighted by molar-refractivity contribution is 7.91. The Labute approximate surface area is 121 Å². The summed E-state index contributed by atoms with van der Waals surface area (Å²) in [5.41, 5.74) is 8.61. The van der Waals surface area contributed by atoms with Crippen LogP contribution in [0, 0.1) is 6.92 Å². The lowest BCUT2D eigenvalue weighted by Gasteiger charge is -2.13. The number of hydrogen-bond acceptors (Lipinski definition) is 5. The Morgan fingerprint density at radius 3 is 2.95 bits per heavy atom. The van der Waals surface area contributed by atoms with Crippen LogP contribution in [0.15, 0.2) is 28.6 Å². The molecule has 0 bridgehead atoms. The first-order chi connectivity index (χ1) is 9.45. The van der Waals surface area contributed by atoms with Gasteiger partial charge in [0.05, 0.1) is 11.2 Å². The summed E-state index contributed by atoms with van der Waals surface area (Å²) in [6.07, 6.45) is 3.01. The molecule has 0 spiro atoms. The van der Waals surface area contributed by atoms with E-state index in [0.717, 1.165) is 29.0 Å². The second-order valence-corrected chi connectivity index (χ2v) is 8.04. The fourth-order valence-electron chi connectivity index (χ4n) is 2.47. The average Bonchev–Trinajstić information content (AvgIpc) is 2.96. The van der Waals surface area contributed by atoms with Gasteiger partial charge in [-0.3, -0.25) is 0 Å². The summed E-state index contributed by atoms with van der Waals surface area (Å²) in [5, 5.41) is 0.741. The number of nitrogens with two attached hydrogens (primary N) is 1. The molecule has 1 aliphatic rings. The van der Waals surface area contributed by atoms with Crippen LogP contribution in [0.5, 0.6) is 0 Å². The Kier molecular flexibility index (Phi) is 3.27. The van der Waals surface area contributed by atoms with Gasteiger partial charge in [0.25, 0.3) is 10.0 Å². The van der Waals surface area contributed by atoms with Crippen molar-refractivity contribution in [3.63, 3.8) is 0 Å². The van der Waals surface area contributed by atoms with Gasteiger partial charge in [-0.05, 0) is 43.0 Å². The minimum Gasteiger partial charge on any atom is -0.399 e. The zero-order chi connectivity index (χ0) is 14.3. The van der Waals surface area contributed by atoms with Crippen LogP contribution in [-0.2, 0) is 16.4 Å². The topological polar surface area (TPSA) is 85.1 Å². The number of nitrogens with zero attached hydrogens (tertiary/aromatic N) is 1. The highest BCUT2D eigenvalue weighted by atomic mass is 32.2. The molecule has 1 aliphatic carbocycles. The third-order valence-corrected chi connectivity index (χ3v) is 6.25. The van der Waals surface area contributed by atoms with Crippen molar-refractivity contribution in [3.8, 4) is 0 Å². The Bertz CT molecular complexity index is 753. The first-order valence-electron chi connectivity index (χ1n) is 6.29. The summed E-state index contributed by atoms with van der Waals surface area (Å²) in [6.45, 7) is 1.79. The number of benzene rings is 1. The van der Waals surface area contributed by atoms with Crippen LogP contribution in [0.4, 0.5) is 5.69 Å². The molecule has 3 rings (SSSR count). The molecule has 3 N–H and O–H groups in total. The highest BCUT2D eigenvalue weighted by Crippen LogP contribution is 2.33. The van der Waals surface area contributed by atoms with Crippen LogP contribution in [0.3, 0.4) is 0 Å². The van der Waals surface area contributed by atoms with Crippen LogP contribution >= 0.6 is 11.3 Å². The number of fused-ring (bicyclic) bond motifs is 1. The molecule has 20 heavy (non-hydrogen) atoms. The number of anilines is 1. The number of sulfonamides is 1. The Morgan fingerprint density at radius 1 is 1.45 bits per heavy atom. The Balaban J connectivity index is 1.87. The number of nitrogen functional groups attached to an aromatic ring is 1. The van der Waals surface area contributed by atoms with Gasteiger partial charge in [0.2, 0.25) is 0 Å². The monoisotopic (exact) mass is 309 g/mol. The number of rotatable bonds is 3. The van der Waals surface area contributed by atoms with E-state index in [1.54, 1.807) is 6.92 Å². The molecule has 1 unspecified atom stereocenters. The Hall–Kier alpha value is -1.44. The van der Waals surface area contributed by atoms with Crippen molar-refractivity contribution < 1.29 is 8.42 Å². The van der Waals surface area contributed by atoms with Crippen molar-refractivity contribution in [1.29, 1.82) is 0 Å². The molecule has 5 nitrogen and oxygen atoms in total. The van der Waals surface area contributed by atoms with Gasteiger partial charge in [-0.1, -0.05) is 6.07 Å². The zero-order valence-corrected chi connectivity index (χ0v) is 12.6. The molecule has 1 heterocycles. The van der Waals surface area contributed by atoms with Gasteiger partial charge in [0.15, 0.2) is 4.21 Å². The molecular weight excluding hydrogens is 294 g/mol. The van der Waals surface area contributed by atoms with E-state index in [2.05, 4.69) is 9.71 Å². The van der Waals surface area contributed by atoms with Gasteiger partial charge in [-0.15, -0.1) is 11.3 Å². The van der Waals surface area contributed by atoms with Gasteiger partial charge in [0, 0.05) is 11.7 Å². The normalized spacial score (nSPS) is 18.1. The van der Waals surface area contributed by atoms with Gasteiger partial charge < -0.3 is 5.73 Å². The van der Waals surface area contributed by atoms with Crippen LogP contribution in [0.1, 0.15) is 28.6 Å². The fourth-order valence-corrected chi connectivity index (χ4v) is 4.85. The van der Waals surface area contributed by atoms with Crippen molar-refractivity contribution >= 4 is 27.0 Å². The van der Waals surface area contributed by atoms with E-state index >= 15 is 0 Å². The summed E-state index contributed by atoms with van der Waals surface area (Å²) >= 11 is 1.18. The van der Waals surface area contributed by atoms with Crippen LogP contribution in [-0.4, -0.2) is 13.4 Å². The predicted octanol–water partition coefficient (Wildman–Crippen LogP) is 2.00. The molecule has 0 radical (unpaired) electrons. The van der Waals surface area contributed by atoms with Crippen molar-refractivity contribution in [3.05, 3.63) is 40.5 Å². The maximum absolute atomic E-state index is 12.3. The van der Waals surface area contributed by atoms with Gasteiger partial charge in [-0.25, -0.2) is 18.1 Å². The third kappa shape index (κ3) is 2.44. The minimum atomic E-state index is -3.50. The fraction of sp³-hybridized carbons (Fsp3) is 0.308. The lowest BCUT2D eigenvalue weighted by molar-refractivity contribution is 0.556. The van der Waals surface area contributed by atoms with Crippen LogP contribution in [0.2, 0.25) is 0 Å². The largest absolute Gasteiger partial charge is 0.399 e. The molecule has 7 heteroatoms. The van der Waals surface area contributed by atoms with Gasteiger partial charge in [-0.2, -0.15) is 0 Å². The summed E-state index contributed by atoms with van der Waals surface area (Å²) in [6, 6.07) is 5.45. The number of aromatic nitrogens is 1. The van der Waals surface area contributed by atoms with E-state index < -0.39 is 10.0 Å². The van der Waals surface area contributed by atoms with Gasteiger partial charge in [0.1, 0.15) is 0 Å². The van der Waals surface area contributed by atoms with Crippen LogP contribution in [0.25, 0.3) is 0 Å². The molecule has 1 aromatic carbocycles. The smallest absolute Gasteiger partial charge is 0.252 e. The maximum Gasteiger partial charge on any atom is 0.252 e. The molecule has 0 aliphatic heterocycles. The predicted molar refractivity (Wildman–Crippen MR) is 79.1 cm³/mol.